The third kappa shape index (κ3) is 3.66. The van der Waals surface area contributed by atoms with E-state index in [2.05, 4.69) is 17.2 Å². The Kier molecular flexibility index (Phi) is 5.90. The molecule has 0 saturated carbocycles. The lowest BCUT2D eigenvalue weighted by Crippen LogP contribution is -2.35. The van der Waals surface area contributed by atoms with Gasteiger partial charge in [0.05, 0.1) is 6.04 Å². The van der Waals surface area contributed by atoms with Crippen LogP contribution in [-0.4, -0.2) is 32.0 Å². The number of nitrogen functional groups attached to an aromatic ring is 1. The molecular weight excluding hydrogens is 218 g/mol. The minimum Gasteiger partial charge on any atom is -0.398 e. The van der Waals surface area contributed by atoms with Crippen molar-refractivity contribution in [3.63, 3.8) is 0 Å². The second-order valence-corrected chi connectivity index (χ2v) is 3.78. The molecule has 0 amide bonds. The smallest absolute Gasteiger partial charge is 0.176 e. The molecule has 0 bridgehead atoms. The van der Waals surface area contributed by atoms with Crippen LogP contribution in [-0.2, 0) is 9.47 Å². The Hall–Kier alpha value is -1.17. The Balaban J connectivity index is 2.92. The highest BCUT2D eigenvalue weighted by Gasteiger charge is 2.24. The fourth-order valence-corrected chi connectivity index (χ4v) is 1.70. The number of nitrogens with one attached hydrogen (secondary N) is 1. The molecule has 0 aliphatic heterocycles. The molecule has 1 atom stereocenters. The van der Waals surface area contributed by atoms with E-state index >= 15 is 0 Å². The molecule has 1 unspecified atom stereocenters. The van der Waals surface area contributed by atoms with Crippen molar-refractivity contribution in [2.45, 2.75) is 25.7 Å². The minimum atomic E-state index is -0.381. The lowest BCUT2D eigenvalue weighted by atomic mass is 10.1. The van der Waals surface area contributed by atoms with Gasteiger partial charge >= 0.3 is 0 Å². The molecule has 5 heteroatoms. The Morgan fingerprint density at radius 1 is 1.41 bits per heavy atom. The van der Waals surface area contributed by atoms with Gasteiger partial charge in [-0.1, -0.05) is 6.92 Å². The Morgan fingerprint density at radius 3 is 2.65 bits per heavy atom. The number of hydrogen-bond donors (Lipinski definition) is 2. The Morgan fingerprint density at radius 2 is 2.12 bits per heavy atom. The van der Waals surface area contributed by atoms with Crippen LogP contribution >= 0.6 is 0 Å². The van der Waals surface area contributed by atoms with Gasteiger partial charge in [-0.2, -0.15) is 0 Å². The van der Waals surface area contributed by atoms with Gasteiger partial charge in [0, 0.05) is 37.9 Å². The SMILES string of the molecule is CCCNC(c1cnccc1N)C(OC)OC. The number of aromatic nitrogens is 1. The summed E-state index contributed by atoms with van der Waals surface area (Å²) in [5, 5.41) is 3.36. The average molecular weight is 239 g/mol. The van der Waals surface area contributed by atoms with Gasteiger partial charge in [-0.05, 0) is 19.0 Å². The van der Waals surface area contributed by atoms with Crippen LogP contribution in [0.2, 0.25) is 0 Å². The Labute approximate surface area is 102 Å². The molecule has 96 valence electrons. The van der Waals surface area contributed by atoms with Gasteiger partial charge in [0.25, 0.3) is 0 Å². The van der Waals surface area contributed by atoms with Crippen LogP contribution in [0.1, 0.15) is 24.9 Å². The number of rotatable bonds is 7. The van der Waals surface area contributed by atoms with Crippen molar-refractivity contribution in [2.24, 2.45) is 0 Å². The number of ether oxygens (including phenoxy) is 2. The van der Waals surface area contributed by atoms with E-state index in [4.69, 9.17) is 15.2 Å². The zero-order chi connectivity index (χ0) is 12.7. The summed E-state index contributed by atoms with van der Waals surface area (Å²) >= 11 is 0. The molecule has 0 aromatic carbocycles. The number of nitrogens with zero attached hydrogens (tertiary/aromatic N) is 1. The van der Waals surface area contributed by atoms with Crippen molar-refractivity contribution >= 4 is 5.69 Å². The Bertz CT molecular complexity index is 329. The van der Waals surface area contributed by atoms with Crippen molar-refractivity contribution in [1.82, 2.24) is 10.3 Å². The summed E-state index contributed by atoms with van der Waals surface area (Å²) in [6.07, 6.45) is 4.06. The van der Waals surface area contributed by atoms with Crippen molar-refractivity contribution < 1.29 is 9.47 Å². The highest BCUT2D eigenvalue weighted by atomic mass is 16.7. The first-order valence-electron chi connectivity index (χ1n) is 5.73. The number of hydrogen-bond acceptors (Lipinski definition) is 5. The second kappa shape index (κ2) is 7.21. The summed E-state index contributed by atoms with van der Waals surface area (Å²) in [4.78, 5) is 4.09. The number of methoxy groups -OCH3 is 2. The van der Waals surface area contributed by atoms with Crippen molar-refractivity contribution in [1.29, 1.82) is 0 Å². The fourth-order valence-electron chi connectivity index (χ4n) is 1.70. The molecule has 3 N–H and O–H groups in total. The summed E-state index contributed by atoms with van der Waals surface area (Å²) in [7, 11) is 3.22. The number of nitrogens with two attached hydrogens (primary N) is 1. The third-order valence-corrected chi connectivity index (χ3v) is 2.57. The summed E-state index contributed by atoms with van der Waals surface area (Å²) < 4.78 is 10.6. The molecule has 0 aliphatic carbocycles. The normalized spacial score (nSPS) is 12.9. The van der Waals surface area contributed by atoms with Crippen molar-refractivity contribution in [3.8, 4) is 0 Å². The zero-order valence-corrected chi connectivity index (χ0v) is 10.6. The summed E-state index contributed by atoms with van der Waals surface area (Å²) in [6.45, 7) is 2.97. The molecule has 0 radical (unpaired) electrons. The van der Waals surface area contributed by atoms with E-state index in [0.717, 1.165) is 18.5 Å². The van der Waals surface area contributed by atoms with E-state index in [-0.39, 0.29) is 12.3 Å². The van der Waals surface area contributed by atoms with Crippen molar-refractivity contribution in [2.75, 3.05) is 26.5 Å². The van der Waals surface area contributed by atoms with Gasteiger partial charge in [-0.3, -0.25) is 4.98 Å². The molecular formula is C12H21N3O2. The van der Waals surface area contributed by atoms with Gasteiger partial charge in [0.2, 0.25) is 0 Å². The monoisotopic (exact) mass is 239 g/mol. The number of anilines is 1. The molecule has 0 spiro atoms. The molecule has 17 heavy (non-hydrogen) atoms. The maximum absolute atomic E-state index is 5.95. The summed E-state index contributed by atoms with van der Waals surface area (Å²) in [6, 6.07) is 1.66. The van der Waals surface area contributed by atoms with E-state index in [0.29, 0.717) is 5.69 Å². The molecule has 5 nitrogen and oxygen atoms in total. The first kappa shape index (κ1) is 13.9. The molecule has 0 fully saturated rings. The second-order valence-electron chi connectivity index (χ2n) is 3.78. The standard InChI is InChI=1S/C12H21N3O2/c1-4-6-15-11(12(16-2)17-3)9-8-14-7-5-10(9)13/h5,7-8,11-12,15H,4,6H2,1-3H3,(H2,13,14). The minimum absolute atomic E-state index is 0.112. The van der Waals surface area contributed by atoms with Gasteiger partial charge in [0.1, 0.15) is 0 Å². The number of pyridine rings is 1. The summed E-state index contributed by atoms with van der Waals surface area (Å²) in [5.41, 5.74) is 7.53. The average Bonchev–Trinajstić information content (AvgIpc) is 2.36. The van der Waals surface area contributed by atoms with Crippen LogP contribution in [0.25, 0.3) is 0 Å². The molecule has 1 rings (SSSR count). The van der Waals surface area contributed by atoms with Gasteiger partial charge in [-0.25, -0.2) is 0 Å². The van der Waals surface area contributed by atoms with Crippen molar-refractivity contribution in [3.05, 3.63) is 24.0 Å². The van der Waals surface area contributed by atoms with E-state index in [9.17, 15) is 0 Å². The van der Waals surface area contributed by atoms with Gasteiger partial charge in [0.15, 0.2) is 6.29 Å². The highest BCUT2D eigenvalue weighted by Crippen LogP contribution is 2.24. The lowest BCUT2D eigenvalue weighted by molar-refractivity contribution is -0.124. The van der Waals surface area contributed by atoms with Crippen LogP contribution in [0.4, 0.5) is 5.69 Å². The third-order valence-electron chi connectivity index (χ3n) is 2.57. The largest absolute Gasteiger partial charge is 0.398 e. The molecule has 1 heterocycles. The lowest BCUT2D eigenvalue weighted by Gasteiger charge is -2.26. The van der Waals surface area contributed by atoms with E-state index in [1.807, 2.05) is 0 Å². The van der Waals surface area contributed by atoms with Crippen LogP contribution in [0.3, 0.4) is 0 Å². The topological polar surface area (TPSA) is 69.4 Å². The predicted octanol–water partition coefficient (Wildman–Crippen LogP) is 1.32. The predicted molar refractivity (Wildman–Crippen MR) is 67.5 cm³/mol. The molecule has 0 aliphatic rings. The quantitative estimate of drug-likeness (QED) is 0.702. The maximum atomic E-state index is 5.95. The van der Waals surface area contributed by atoms with Crippen LogP contribution in [0, 0.1) is 0 Å². The first-order valence-corrected chi connectivity index (χ1v) is 5.73. The molecule has 1 aromatic rings. The summed E-state index contributed by atoms with van der Waals surface area (Å²) in [5.74, 6) is 0. The van der Waals surface area contributed by atoms with Crippen LogP contribution in [0.15, 0.2) is 18.5 Å². The zero-order valence-electron chi connectivity index (χ0n) is 10.6. The van der Waals surface area contributed by atoms with Gasteiger partial charge < -0.3 is 20.5 Å². The van der Waals surface area contributed by atoms with E-state index < -0.39 is 0 Å². The molecule has 1 aromatic heterocycles. The maximum Gasteiger partial charge on any atom is 0.176 e. The van der Waals surface area contributed by atoms with Crippen LogP contribution in [0.5, 0.6) is 0 Å². The van der Waals surface area contributed by atoms with Gasteiger partial charge in [-0.15, -0.1) is 0 Å². The first-order chi connectivity index (χ1) is 8.24. The van der Waals surface area contributed by atoms with E-state index in [1.54, 1.807) is 32.7 Å². The molecule has 0 saturated heterocycles. The van der Waals surface area contributed by atoms with E-state index in [1.165, 1.54) is 0 Å². The van der Waals surface area contributed by atoms with Crippen LogP contribution < -0.4 is 11.1 Å². The fraction of sp³-hybridized carbons (Fsp3) is 0.583. The highest BCUT2D eigenvalue weighted by molar-refractivity contribution is 5.46.